The molecule has 0 radical (unpaired) electrons. The van der Waals surface area contributed by atoms with Gasteiger partial charge in [0.05, 0.1) is 20.1 Å². The van der Waals surface area contributed by atoms with Crippen molar-refractivity contribution in [3.8, 4) is 22.8 Å². The number of methoxy groups -OCH3 is 1. The summed E-state index contributed by atoms with van der Waals surface area (Å²) in [5.74, 6) is 0.668. The zero-order valence-corrected chi connectivity index (χ0v) is 21.0. The van der Waals surface area contributed by atoms with E-state index in [-0.39, 0.29) is 30.3 Å². The van der Waals surface area contributed by atoms with Crippen molar-refractivity contribution in [2.24, 2.45) is 5.41 Å². The maximum Gasteiger partial charge on any atom is 0.325 e. The van der Waals surface area contributed by atoms with Crippen molar-refractivity contribution in [1.82, 2.24) is 9.38 Å². The summed E-state index contributed by atoms with van der Waals surface area (Å²) in [5, 5.41) is 3.14. The van der Waals surface area contributed by atoms with Gasteiger partial charge in [0.2, 0.25) is 0 Å². The number of benzene rings is 1. The molecule has 0 fully saturated rings. The highest BCUT2D eigenvalue weighted by molar-refractivity contribution is 9.10. The van der Waals surface area contributed by atoms with E-state index < -0.39 is 0 Å². The number of hydrogen-bond donors (Lipinski definition) is 1. The van der Waals surface area contributed by atoms with Crippen LogP contribution in [0.1, 0.15) is 34.1 Å². The molecule has 2 heterocycles. The second-order valence-corrected chi connectivity index (χ2v) is 9.54. The van der Waals surface area contributed by atoms with Gasteiger partial charge >= 0.3 is 11.9 Å². The first-order valence-electron chi connectivity index (χ1n) is 10.6. The fourth-order valence-corrected chi connectivity index (χ4v) is 3.58. The van der Waals surface area contributed by atoms with Gasteiger partial charge in [-0.1, -0.05) is 20.8 Å². The van der Waals surface area contributed by atoms with Gasteiger partial charge in [-0.05, 0) is 58.6 Å². The molecule has 8 nitrogen and oxygen atoms in total. The number of pyridine rings is 1. The number of carbonyl (C=O) groups is 2. The fraction of sp³-hybridized carbons (Fsp3) is 0.375. The summed E-state index contributed by atoms with van der Waals surface area (Å²) < 4.78 is 18.8. The highest BCUT2D eigenvalue weighted by Gasteiger charge is 2.21. The average Bonchev–Trinajstić information content (AvgIpc) is 3.09. The Labute approximate surface area is 201 Å². The number of ether oxygens (including phenoxy) is 3. The molecule has 0 aliphatic heterocycles. The molecule has 1 N–H and O–H groups in total. The smallest absolute Gasteiger partial charge is 0.325 e. The maximum atomic E-state index is 12.3. The molecule has 2 aromatic heterocycles. The van der Waals surface area contributed by atoms with Gasteiger partial charge in [0.1, 0.15) is 23.7 Å². The van der Waals surface area contributed by atoms with Crippen LogP contribution in [0.25, 0.3) is 16.9 Å². The Bertz CT molecular complexity index is 1170. The van der Waals surface area contributed by atoms with Crippen LogP contribution in [0.4, 0.5) is 5.82 Å². The first-order chi connectivity index (χ1) is 15.6. The maximum absolute atomic E-state index is 12.3. The van der Waals surface area contributed by atoms with Crippen molar-refractivity contribution >= 4 is 39.3 Å². The van der Waals surface area contributed by atoms with Crippen LogP contribution in [0.5, 0.6) is 11.5 Å². The number of aromatic nitrogens is 2. The Morgan fingerprint density at radius 2 is 1.88 bits per heavy atom. The van der Waals surface area contributed by atoms with Crippen molar-refractivity contribution in [3.63, 3.8) is 0 Å². The van der Waals surface area contributed by atoms with Crippen LogP contribution < -0.4 is 14.8 Å². The Hall–Kier alpha value is -3.07. The van der Waals surface area contributed by atoms with Crippen molar-refractivity contribution in [2.75, 3.05) is 25.6 Å². The number of hydrogen-bond acceptors (Lipinski definition) is 7. The molecule has 0 saturated heterocycles. The molecule has 0 bridgehead atoms. The highest BCUT2D eigenvalue weighted by Crippen LogP contribution is 2.36. The number of rotatable bonds is 8. The summed E-state index contributed by atoms with van der Waals surface area (Å²) in [4.78, 5) is 29.0. The van der Waals surface area contributed by atoms with Crippen LogP contribution in [-0.4, -0.2) is 41.6 Å². The monoisotopic (exact) mass is 517 g/mol. The van der Waals surface area contributed by atoms with Gasteiger partial charge in [-0.2, -0.15) is 0 Å². The number of fused-ring (bicyclic) bond motifs is 1. The van der Waals surface area contributed by atoms with Gasteiger partial charge in [0.15, 0.2) is 11.5 Å². The molecule has 0 atom stereocenters. The minimum Gasteiger partial charge on any atom is -0.493 e. The highest BCUT2D eigenvalue weighted by atomic mass is 79.9. The first-order valence-corrected chi connectivity index (χ1v) is 11.4. The Balaban J connectivity index is 1.98. The summed E-state index contributed by atoms with van der Waals surface area (Å²) in [6, 6.07) is 8.99. The van der Waals surface area contributed by atoms with Gasteiger partial charge in [-0.15, -0.1) is 0 Å². The van der Waals surface area contributed by atoms with E-state index in [4.69, 9.17) is 19.2 Å². The van der Waals surface area contributed by atoms with Gasteiger partial charge in [0, 0.05) is 16.2 Å². The number of halogens is 1. The lowest BCUT2D eigenvalue weighted by Gasteiger charge is -2.17. The summed E-state index contributed by atoms with van der Waals surface area (Å²) in [7, 11) is 1.51. The zero-order valence-electron chi connectivity index (χ0n) is 19.4. The van der Waals surface area contributed by atoms with Crippen LogP contribution in [0.15, 0.2) is 41.0 Å². The molecule has 0 spiro atoms. The number of carbonyl (C=O) groups excluding carboxylic acids is 2. The molecule has 3 aromatic rings. The number of nitrogens with one attached hydrogen (secondary N) is 1. The standard InChI is InChI=1S/C24H28BrN3O5/c1-6-32-21(30)13-26-23-22(27-19-10-8-16(25)14-28(19)23)15-7-9-17(18(11-15)31-5)33-20(29)12-24(2,3)4/h7-11,14,26H,6,12-13H2,1-5H3. The van der Waals surface area contributed by atoms with E-state index in [1.54, 1.807) is 25.1 Å². The molecule has 1 aromatic carbocycles. The third kappa shape index (κ3) is 6.25. The van der Waals surface area contributed by atoms with Gasteiger partial charge in [0.25, 0.3) is 0 Å². The molecule has 0 amide bonds. The third-order valence-electron chi connectivity index (χ3n) is 4.62. The molecular formula is C24H28BrN3O5. The van der Waals surface area contributed by atoms with E-state index in [2.05, 4.69) is 21.2 Å². The Morgan fingerprint density at radius 3 is 2.55 bits per heavy atom. The SMILES string of the molecule is CCOC(=O)CNc1c(-c2ccc(OC(=O)CC(C)(C)C)c(OC)c2)nc2ccc(Br)cn12. The van der Waals surface area contributed by atoms with E-state index in [9.17, 15) is 9.59 Å². The Morgan fingerprint density at radius 1 is 1.12 bits per heavy atom. The fourth-order valence-electron chi connectivity index (χ4n) is 3.25. The lowest BCUT2D eigenvalue weighted by molar-refractivity contribution is -0.141. The quantitative estimate of drug-likeness (QED) is 0.328. The largest absolute Gasteiger partial charge is 0.493 e. The number of esters is 2. The zero-order chi connectivity index (χ0) is 24.2. The molecule has 0 saturated carbocycles. The van der Waals surface area contributed by atoms with E-state index in [0.717, 1.165) is 10.0 Å². The van der Waals surface area contributed by atoms with Crippen molar-refractivity contribution in [1.29, 1.82) is 0 Å². The van der Waals surface area contributed by atoms with Crippen molar-refractivity contribution < 1.29 is 23.8 Å². The lowest BCUT2D eigenvalue weighted by Crippen LogP contribution is -2.18. The molecule has 3 rings (SSSR count). The van der Waals surface area contributed by atoms with E-state index in [0.29, 0.717) is 35.3 Å². The predicted molar refractivity (Wildman–Crippen MR) is 130 cm³/mol. The summed E-state index contributed by atoms with van der Waals surface area (Å²) in [6.45, 7) is 7.97. The van der Waals surface area contributed by atoms with E-state index in [1.807, 2.05) is 43.5 Å². The minimum absolute atomic E-state index is 0.0131. The second-order valence-electron chi connectivity index (χ2n) is 8.62. The molecule has 176 valence electrons. The molecule has 33 heavy (non-hydrogen) atoms. The van der Waals surface area contributed by atoms with Crippen LogP contribution in [-0.2, 0) is 14.3 Å². The van der Waals surface area contributed by atoms with E-state index in [1.165, 1.54) is 7.11 Å². The Kier molecular flexibility index (Phi) is 7.63. The van der Waals surface area contributed by atoms with Crippen molar-refractivity contribution in [2.45, 2.75) is 34.1 Å². The molecule has 9 heteroatoms. The average molecular weight is 518 g/mol. The second kappa shape index (κ2) is 10.2. The normalized spacial score (nSPS) is 11.3. The van der Waals surface area contributed by atoms with Gasteiger partial charge < -0.3 is 19.5 Å². The van der Waals surface area contributed by atoms with E-state index >= 15 is 0 Å². The number of nitrogens with zero attached hydrogens (tertiary/aromatic N) is 2. The predicted octanol–water partition coefficient (Wildman–Crippen LogP) is 5.09. The summed E-state index contributed by atoms with van der Waals surface area (Å²) in [6.07, 6.45) is 2.14. The van der Waals surface area contributed by atoms with Crippen LogP contribution in [0.2, 0.25) is 0 Å². The molecule has 0 aliphatic rings. The summed E-state index contributed by atoms with van der Waals surface area (Å²) in [5.41, 5.74) is 1.85. The van der Waals surface area contributed by atoms with Crippen LogP contribution in [0.3, 0.4) is 0 Å². The van der Waals surface area contributed by atoms with Crippen LogP contribution >= 0.6 is 15.9 Å². The van der Waals surface area contributed by atoms with Gasteiger partial charge in [-0.3, -0.25) is 14.0 Å². The minimum atomic E-state index is -0.368. The third-order valence-corrected chi connectivity index (χ3v) is 5.09. The molecule has 0 aliphatic carbocycles. The van der Waals surface area contributed by atoms with Crippen molar-refractivity contribution in [3.05, 3.63) is 41.0 Å². The molecular weight excluding hydrogens is 490 g/mol. The van der Waals surface area contributed by atoms with Crippen LogP contribution in [0, 0.1) is 5.41 Å². The molecule has 0 unspecified atom stereocenters. The summed E-state index contributed by atoms with van der Waals surface area (Å²) >= 11 is 3.48. The number of anilines is 1. The number of imidazole rings is 1. The first kappa shape index (κ1) is 24.6. The lowest BCUT2D eigenvalue weighted by atomic mass is 9.92. The van der Waals surface area contributed by atoms with Gasteiger partial charge in [-0.25, -0.2) is 4.98 Å². The topological polar surface area (TPSA) is 91.2 Å².